The Hall–Kier alpha value is -3.40. The van der Waals surface area contributed by atoms with E-state index >= 15 is 0 Å². The number of imide groups is 2. The average Bonchev–Trinajstić information content (AvgIpc) is 3.57. The largest absolute Gasteiger partial charge is 0.365 e. The fraction of sp³-hybridized carbons (Fsp3) is 0.407. The van der Waals surface area contributed by atoms with Gasteiger partial charge in [0, 0.05) is 20.1 Å². The molecule has 5 rings (SSSR count). The highest BCUT2D eigenvalue weighted by atomic mass is 16.5. The van der Waals surface area contributed by atoms with Crippen LogP contribution in [0.15, 0.2) is 61.2 Å². The summed E-state index contributed by atoms with van der Waals surface area (Å²) < 4.78 is 12.2. The Morgan fingerprint density at radius 2 is 1.31 bits per heavy atom. The lowest BCUT2D eigenvalue weighted by atomic mass is 9.87. The van der Waals surface area contributed by atoms with Crippen molar-refractivity contribution in [3.63, 3.8) is 0 Å². The highest BCUT2D eigenvalue weighted by Gasteiger charge is 2.60. The zero-order chi connectivity index (χ0) is 25.6. The van der Waals surface area contributed by atoms with Crippen LogP contribution in [0.5, 0.6) is 0 Å². The Kier molecular flexibility index (Phi) is 6.46. The number of nitrogens with zero attached hydrogens (tertiary/aromatic N) is 2. The Balaban J connectivity index is 1.41. The van der Waals surface area contributed by atoms with Crippen LogP contribution in [0.4, 0.5) is 0 Å². The van der Waals surface area contributed by atoms with Crippen LogP contribution in [0.2, 0.25) is 0 Å². The molecule has 0 radical (unpaired) electrons. The number of fused-ring (bicyclic) bond motifs is 2. The SMILES string of the molecule is C=C[C@H]1OC(/C=C\[C@H]2O[C@@H](/C=C/c3ccccc3)[C@@H]3C(=O)N(CCN)C(=O)[C@@H]32)[C@@H]2C(=O)N(C)C(=O)[C@H]12. The number of rotatable bonds is 7. The molecular weight excluding hydrogens is 462 g/mol. The summed E-state index contributed by atoms with van der Waals surface area (Å²) in [5.41, 5.74) is 6.59. The Morgan fingerprint density at radius 1 is 0.806 bits per heavy atom. The molecule has 4 amide bonds. The molecule has 0 saturated carbocycles. The summed E-state index contributed by atoms with van der Waals surface area (Å²) >= 11 is 0. The van der Waals surface area contributed by atoms with Crippen molar-refractivity contribution in [1.82, 2.24) is 9.80 Å². The normalized spacial score (nSPS) is 36.1. The molecule has 0 spiro atoms. The Bertz CT molecular complexity index is 1150. The molecule has 36 heavy (non-hydrogen) atoms. The number of likely N-dealkylation sites (tertiary alicyclic amines) is 2. The molecule has 4 fully saturated rings. The standard InChI is InChI=1S/C27H29N3O6/c1-3-16-20-21(25(32)29(2)24(20)31)18(35-16)11-12-19-23-22(26(33)30(14-13-28)27(23)34)17(36-19)10-9-15-7-5-4-6-8-15/h3-12,16-23H,1,13-14,28H2,2H3/b10-9+,12-11-/t16-,17+,18?,19-,20-,21+,22+,23-/m1/s1. The van der Waals surface area contributed by atoms with E-state index in [9.17, 15) is 19.2 Å². The van der Waals surface area contributed by atoms with Crippen LogP contribution in [0.3, 0.4) is 0 Å². The third-order valence-corrected chi connectivity index (χ3v) is 7.51. The van der Waals surface area contributed by atoms with E-state index in [4.69, 9.17) is 15.2 Å². The maximum absolute atomic E-state index is 13.2. The van der Waals surface area contributed by atoms with Gasteiger partial charge in [-0.2, -0.15) is 0 Å². The predicted octanol–water partition coefficient (Wildman–Crippen LogP) is 0.768. The number of hydrogen-bond donors (Lipinski definition) is 1. The van der Waals surface area contributed by atoms with Gasteiger partial charge < -0.3 is 15.2 Å². The Labute approximate surface area is 209 Å². The van der Waals surface area contributed by atoms with E-state index in [1.165, 1.54) is 18.0 Å². The molecule has 188 valence electrons. The van der Waals surface area contributed by atoms with E-state index in [1.54, 1.807) is 12.2 Å². The van der Waals surface area contributed by atoms with Gasteiger partial charge in [-0.3, -0.25) is 29.0 Å². The first-order valence-electron chi connectivity index (χ1n) is 12.1. The van der Waals surface area contributed by atoms with Crippen LogP contribution >= 0.6 is 0 Å². The second-order valence-electron chi connectivity index (χ2n) is 9.48. The molecule has 0 aromatic heterocycles. The molecule has 1 aromatic rings. The van der Waals surface area contributed by atoms with Crippen molar-refractivity contribution in [2.75, 3.05) is 20.1 Å². The van der Waals surface area contributed by atoms with Gasteiger partial charge >= 0.3 is 0 Å². The summed E-state index contributed by atoms with van der Waals surface area (Å²) in [6.45, 7) is 4.06. The van der Waals surface area contributed by atoms with Crippen molar-refractivity contribution in [2.24, 2.45) is 29.4 Å². The van der Waals surface area contributed by atoms with E-state index in [0.717, 1.165) is 10.5 Å². The quantitative estimate of drug-likeness (QED) is 0.442. The summed E-state index contributed by atoms with van der Waals surface area (Å²) in [4.78, 5) is 54.0. The molecule has 4 heterocycles. The lowest BCUT2D eigenvalue weighted by Gasteiger charge is -2.19. The Morgan fingerprint density at radius 3 is 1.86 bits per heavy atom. The molecule has 1 unspecified atom stereocenters. The van der Waals surface area contributed by atoms with Crippen molar-refractivity contribution in [1.29, 1.82) is 0 Å². The van der Waals surface area contributed by atoms with Crippen LogP contribution in [0.1, 0.15) is 5.56 Å². The van der Waals surface area contributed by atoms with E-state index < -0.39 is 48.1 Å². The van der Waals surface area contributed by atoms with Gasteiger partial charge in [-0.25, -0.2) is 0 Å². The van der Waals surface area contributed by atoms with Crippen LogP contribution in [0, 0.1) is 23.7 Å². The first-order valence-corrected chi connectivity index (χ1v) is 12.1. The van der Waals surface area contributed by atoms with Crippen LogP contribution in [-0.2, 0) is 28.7 Å². The number of benzene rings is 1. The second-order valence-corrected chi connectivity index (χ2v) is 9.48. The van der Waals surface area contributed by atoms with Gasteiger partial charge in [-0.05, 0) is 5.56 Å². The number of carbonyl (C=O) groups excluding carboxylic acids is 4. The third-order valence-electron chi connectivity index (χ3n) is 7.51. The van der Waals surface area contributed by atoms with E-state index in [0.29, 0.717) is 0 Å². The topological polar surface area (TPSA) is 119 Å². The van der Waals surface area contributed by atoms with Gasteiger partial charge in [0.1, 0.15) is 0 Å². The third kappa shape index (κ3) is 3.84. The van der Waals surface area contributed by atoms with Crippen LogP contribution < -0.4 is 5.73 Å². The number of amides is 4. The van der Waals surface area contributed by atoms with Gasteiger partial charge in [0.2, 0.25) is 23.6 Å². The first kappa shape index (κ1) is 24.3. The van der Waals surface area contributed by atoms with Gasteiger partial charge in [0.05, 0.1) is 48.1 Å². The van der Waals surface area contributed by atoms with Crippen LogP contribution in [0.25, 0.3) is 6.08 Å². The minimum Gasteiger partial charge on any atom is -0.365 e. The summed E-state index contributed by atoms with van der Waals surface area (Å²) in [5, 5.41) is 0. The number of nitrogens with two attached hydrogens (primary N) is 1. The summed E-state index contributed by atoms with van der Waals surface area (Å²) in [6.07, 6.45) is 6.02. The zero-order valence-corrected chi connectivity index (χ0v) is 19.9. The molecule has 8 atom stereocenters. The van der Waals surface area contributed by atoms with E-state index in [2.05, 4.69) is 6.58 Å². The number of ether oxygens (including phenoxy) is 2. The molecule has 0 aliphatic carbocycles. The highest BCUT2D eigenvalue weighted by Crippen LogP contribution is 2.44. The summed E-state index contributed by atoms with van der Waals surface area (Å²) in [5.74, 6) is -3.87. The van der Waals surface area contributed by atoms with Crippen molar-refractivity contribution in [2.45, 2.75) is 24.4 Å². The fourth-order valence-corrected chi connectivity index (χ4v) is 5.76. The minimum atomic E-state index is -0.707. The van der Waals surface area contributed by atoms with Gasteiger partial charge in [0.25, 0.3) is 0 Å². The number of carbonyl (C=O) groups is 4. The monoisotopic (exact) mass is 491 g/mol. The smallest absolute Gasteiger partial charge is 0.236 e. The van der Waals surface area contributed by atoms with Gasteiger partial charge in [0.15, 0.2) is 0 Å². The van der Waals surface area contributed by atoms with E-state index in [1.807, 2.05) is 42.5 Å². The molecule has 1 aromatic carbocycles. The lowest BCUT2D eigenvalue weighted by Crippen LogP contribution is -2.38. The van der Waals surface area contributed by atoms with Gasteiger partial charge in [-0.1, -0.05) is 60.7 Å². The molecule has 4 aliphatic heterocycles. The summed E-state index contributed by atoms with van der Waals surface area (Å²) in [6, 6.07) is 9.60. The number of hydrogen-bond acceptors (Lipinski definition) is 7. The molecular formula is C27H29N3O6. The molecule has 0 bridgehead atoms. The second kappa shape index (κ2) is 9.57. The molecule has 2 N–H and O–H groups in total. The minimum absolute atomic E-state index is 0.148. The van der Waals surface area contributed by atoms with Crippen LogP contribution in [-0.4, -0.2) is 78.0 Å². The summed E-state index contributed by atoms with van der Waals surface area (Å²) in [7, 11) is 1.47. The zero-order valence-electron chi connectivity index (χ0n) is 19.9. The van der Waals surface area contributed by atoms with Gasteiger partial charge in [-0.15, -0.1) is 6.58 Å². The first-order chi connectivity index (χ1) is 17.4. The molecule has 9 nitrogen and oxygen atoms in total. The molecule has 9 heteroatoms. The predicted molar refractivity (Wildman–Crippen MR) is 130 cm³/mol. The van der Waals surface area contributed by atoms with Crippen molar-refractivity contribution >= 4 is 29.7 Å². The van der Waals surface area contributed by atoms with Crippen molar-refractivity contribution in [3.8, 4) is 0 Å². The maximum Gasteiger partial charge on any atom is 0.236 e. The highest BCUT2D eigenvalue weighted by molar-refractivity contribution is 6.07. The fourth-order valence-electron chi connectivity index (χ4n) is 5.76. The van der Waals surface area contributed by atoms with Crippen molar-refractivity contribution < 1.29 is 28.7 Å². The molecule has 4 saturated heterocycles. The maximum atomic E-state index is 13.2. The van der Waals surface area contributed by atoms with Crippen molar-refractivity contribution in [3.05, 3.63) is 66.8 Å². The lowest BCUT2D eigenvalue weighted by molar-refractivity contribution is -0.143. The average molecular weight is 492 g/mol. The van der Waals surface area contributed by atoms with E-state index in [-0.39, 0.29) is 36.7 Å². The molecule has 4 aliphatic rings.